The van der Waals surface area contributed by atoms with Crippen molar-refractivity contribution in [1.82, 2.24) is 10.3 Å². The van der Waals surface area contributed by atoms with Gasteiger partial charge in [-0.2, -0.15) is 0 Å². The molecule has 0 spiro atoms. The van der Waals surface area contributed by atoms with E-state index in [1.54, 1.807) is 18.3 Å². The molecule has 0 aliphatic carbocycles. The maximum Gasteiger partial charge on any atom is 0.307 e. The van der Waals surface area contributed by atoms with Gasteiger partial charge < -0.3 is 14.8 Å². The first-order chi connectivity index (χ1) is 10.7. The lowest BCUT2D eigenvalue weighted by atomic mass is 10.1. The Morgan fingerprint density at radius 3 is 2.77 bits per heavy atom. The smallest absolute Gasteiger partial charge is 0.307 e. The largest absolute Gasteiger partial charge is 0.480 e. The number of nitrogens with zero attached hydrogens (tertiary/aromatic N) is 1. The molecule has 0 bridgehead atoms. The van der Waals surface area contributed by atoms with Crippen LogP contribution in [0, 0.1) is 0 Å². The van der Waals surface area contributed by atoms with Crippen LogP contribution in [-0.4, -0.2) is 31.1 Å². The molecule has 0 saturated carbocycles. The van der Waals surface area contributed by atoms with Gasteiger partial charge >= 0.3 is 5.97 Å². The van der Waals surface area contributed by atoms with Gasteiger partial charge in [-0.3, -0.25) is 9.59 Å². The summed E-state index contributed by atoms with van der Waals surface area (Å²) in [7, 11) is 2.77. The molecule has 0 aliphatic heterocycles. The van der Waals surface area contributed by atoms with Crippen molar-refractivity contribution in [3.63, 3.8) is 0 Å². The fourth-order valence-corrected chi connectivity index (χ4v) is 2.70. The van der Waals surface area contributed by atoms with E-state index in [1.165, 1.54) is 25.6 Å². The van der Waals surface area contributed by atoms with Gasteiger partial charge in [0.05, 0.1) is 26.7 Å². The van der Waals surface area contributed by atoms with Crippen molar-refractivity contribution in [2.24, 2.45) is 0 Å². The summed E-state index contributed by atoms with van der Waals surface area (Å²) in [4.78, 5) is 28.8. The van der Waals surface area contributed by atoms with Crippen molar-refractivity contribution < 1.29 is 19.1 Å². The van der Waals surface area contributed by atoms with Crippen LogP contribution in [0.3, 0.4) is 0 Å². The molecule has 1 atom stereocenters. The van der Waals surface area contributed by atoms with Crippen molar-refractivity contribution in [1.29, 1.82) is 0 Å². The number of aromatic nitrogens is 1. The van der Waals surface area contributed by atoms with Gasteiger partial charge in [0.1, 0.15) is 5.56 Å². The standard InChI is InChI=1S/C15H16N2O4S/c1-20-13(18)9-11(12-6-4-8-22-12)17-14(19)10-5-3-7-16-15(10)21-2/h3-8,11H,9H2,1-2H3,(H,17,19). The average molecular weight is 320 g/mol. The van der Waals surface area contributed by atoms with Crippen molar-refractivity contribution in [3.05, 3.63) is 46.3 Å². The Bertz CT molecular complexity index is 643. The molecule has 1 amide bonds. The monoisotopic (exact) mass is 320 g/mol. The number of amides is 1. The normalized spacial score (nSPS) is 11.5. The van der Waals surface area contributed by atoms with Gasteiger partial charge in [0.15, 0.2) is 0 Å². The summed E-state index contributed by atoms with van der Waals surface area (Å²) in [6.45, 7) is 0. The average Bonchev–Trinajstić information content (AvgIpc) is 3.08. The Balaban J connectivity index is 2.19. The first-order valence-electron chi connectivity index (χ1n) is 6.55. The zero-order chi connectivity index (χ0) is 15.9. The lowest BCUT2D eigenvalue weighted by molar-refractivity contribution is -0.141. The van der Waals surface area contributed by atoms with Gasteiger partial charge in [-0.1, -0.05) is 6.07 Å². The molecular weight excluding hydrogens is 304 g/mol. The summed E-state index contributed by atoms with van der Waals surface area (Å²) in [5, 5.41) is 4.71. The van der Waals surface area contributed by atoms with E-state index in [9.17, 15) is 9.59 Å². The van der Waals surface area contributed by atoms with E-state index in [4.69, 9.17) is 4.74 Å². The Labute approximate surface area is 132 Å². The van der Waals surface area contributed by atoms with Crippen LogP contribution in [0.4, 0.5) is 0 Å². The maximum absolute atomic E-state index is 12.4. The fraction of sp³-hybridized carbons (Fsp3) is 0.267. The SMILES string of the molecule is COC(=O)CC(NC(=O)c1cccnc1OC)c1cccs1. The highest BCUT2D eigenvalue weighted by atomic mass is 32.1. The third-order valence-corrected chi connectivity index (χ3v) is 3.99. The summed E-state index contributed by atoms with van der Waals surface area (Å²) >= 11 is 1.46. The van der Waals surface area contributed by atoms with E-state index in [1.807, 2.05) is 17.5 Å². The van der Waals surface area contributed by atoms with Gasteiger partial charge in [0, 0.05) is 11.1 Å². The number of hydrogen-bond donors (Lipinski definition) is 1. The van der Waals surface area contributed by atoms with Gasteiger partial charge in [-0.25, -0.2) is 4.98 Å². The predicted octanol–water partition coefficient (Wildman–Crippen LogP) is 2.19. The molecule has 0 fully saturated rings. The van der Waals surface area contributed by atoms with E-state index in [2.05, 4.69) is 15.0 Å². The maximum atomic E-state index is 12.4. The Morgan fingerprint density at radius 2 is 2.14 bits per heavy atom. The molecule has 0 radical (unpaired) electrons. The first-order valence-corrected chi connectivity index (χ1v) is 7.43. The van der Waals surface area contributed by atoms with E-state index in [0.29, 0.717) is 5.56 Å². The zero-order valence-electron chi connectivity index (χ0n) is 12.2. The third kappa shape index (κ3) is 3.82. The molecule has 2 rings (SSSR count). The number of thiophene rings is 1. The number of carbonyl (C=O) groups excluding carboxylic acids is 2. The minimum absolute atomic E-state index is 0.0608. The third-order valence-electron chi connectivity index (χ3n) is 3.00. The van der Waals surface area contributed by atoms with E-state index >= 15 is 0 Å². The highest BCUT2D eigenvalue weighted by Gasteiger charge is 2.22. The molecule has 22 heavy (non-hydrogen) atoms. The van der Waals surface area contributed by atoms with Crippen LogP contribution in [-0.2, 0) is 9.53 Å². The Kier molecular flexibility index (Phi) is 5.48. The summed E-state index contributed by atoms with van der Waals surface area (Å²) in [5.41, 5.74) is 0.316. The quantitative estimate of drug-likeness (QED) is 0.826. The van der Waals surface area contributed by atoms with Crippen molar-refractivity contribution in [3.8, 4) is 5.88 Å². The summed E-state index contributed by atoms with van der Waals surface area (Å²) in [6.07, 6.45) is 1.60. The molecule has 7 heteroatoms. The second-order valence-corrected chi connectivity index (χ2v) is 5.36. The van der Waals surface area contributed by atoms with Crippen molar-refractivity contribution in [2.75, 3.05) is 14.2 Å². The number of rotatable bonds is 6. The molecule has 1 N–H and O–H groups in total. The molecule has 0 saturated heterocycles. The Hall–Kier alpha value is -2.41. The topological polar surface area (TPSA) is 77.5 Å². The lowest BCUT2D eigenvalue weighted by Gasteiger charge is -2.17. The Morgan fingerprint density at radius 1 is 1.32 bits per heavy atom. The fourth-order valence-electron chi connectivity index (χ4n) is 1.92. The first kappa shape index (κ1) is 16.0. The molecule has 0 aliphatic rings. The van der Waals surface area contributed by atoms with Gasteiger partial charge in [0.25, 0.3) is 5.91 Å². The molecule has 1 unspecified atom stereocenters. The minimum atomic E-state index is -0.454. The number of esters is 1. The zero-order valence-corrected chi connectivity index (χ0v) is 13.1. The number of ether oxygens (including phenoxy) is 2. The number of carbonyl (C=O) groups is 2. The van der Waals surface area contributed by atoms with E-state index < -0.39 is 12.0 Å². The van der Waals surface area contributed by atoms with Crippen LogP contribution in [0.15, 0.2) is 35.8 Å². The number of nitrogens with one attached hydrogen (secondary N) is 1. The van der Waals surface area contributed by atoms with Gasteiger partial charge in [-0.15, -0.1) is 11.3 Å². The highest BCUT2D eigenvalue weighted by Crippen LogP contribution is 2.24. The van der Waals surface area contributed by atoms with Crippen molar-refractivity contribution >= 4 is 23.2 Å². The molecular formula is C15H16N2O4S. The van der Waals surface area contributed by atoms with Gasteiger partial charge in [0.2, 0.25) is 5.88 Å². The highest BCUT2D eigenvalue weighted by molar-refractivity contribution is 7.10. The van der Waals surface area contributed by atoms with E-state index in [-0.39, 0.29) is 18.2 Å². The minimum Gasteiger partial charge on any atom is -0.480 e. The summed E-state index contributed by atoms with van der Waals surface area (Å²) in [5.74, 6) is -0.507. The van der Waals surface area contributed by atoms with Crippen molar-refractivity contribution in [2.45, 2.75) is 12.5 Å². The van der Waals surface area contributed by atoms with E-state index in [0.717, 1.165) is 4.88 Å². The van der Waals surface area contributed by atoms with Crippen LogP contribution in [0.1, 0.15) is 27.7 Å². The second kappa shape index (κ2) is 7.56. The number of pyridine rings is 1. The number of hydrogen-bond acceptors (Lipinski definition) is 6. The molecule has 6 nitrogen and oxygen atoms in total. The van der Waals surface area contributed by atoms with Crippen LogP contribution in [0.25, 0.3) is 0 Å². The van der Waals surface area contributed by atoms with Gasteiger partial charge in [-0.05, 0) is 23.6 Å². The second-order valence-electron chi connectivity index (χ2n) is 4.38. The molecule has 116 valence electrons. The molecule has 2 aromatic heterocycles. The lowest BCUT2D eigenvalue weighted by Crippen LogP contribution is -2.30. The molecule has 2 heterocycles. The predicted molar refractivity (Wildman–Crippen MR) is 81.9 cm³/mol. The number of methoxy groups -OCH3 is 2. The van der Waals surface area contributed by atoms with Crippen LogP contribution in [0.5, 0.6) is 5.88 Å². The van der Waals surface area contributed by atoms with Crippen LogP contribution >= 0.6 is 11.3 Å². The summed E-state index contributed by atoms with van der Waals surface area (Å²) in [6, 6.07) is 6.54. The molecule has 2 aromatic rings. The van der Waals surface area contributed by atoms with Crippen LogP contribution in [0.2, 0.25) is 0 Å². The van der Waals surface area contributed by atoms with Crippen LogP contribution < -0.4 is 10.1 Å². The molecule has 0 aromatic carbocycles. The summed E-state index contributed by atoms with van der Waals surface area (Å²) < 4.78 is 9.77.